The highest BCUT2D eigenvalue weighted by molar-refractivity contribution is 7.98. The summed E-state index contributed by atoms with van der Waals surface area (Å²) in [5.41, 5.74) is 12.3. The highest BCUT2D eigenvalue weighted by Gasteiger charge is 2.05. The van der Waals surface area contributed by atoms with Gasteiger partial charge < -0.3 is 5.73 Å². The molecule has 0 saturated carbocycles. The lowest BCUT2D eigenvalue weighted by Crippen LogP contribution is -2.17. The molecule has 1 heterocycles. The maximum atomic E-state index is 5.84. The second kappa shape index (κ2) is 7.10. The predicted molar refractivity (Wildman–Crippen MR) is 91.8 cm³/mol. The summed E-state index contributed by atoms with van der Waals surface area (Å²) in [6.45, 7) is 8.44. The van der Waals surface area contributed by atoms with Gasteiger partial charge in [-0.3, -0.25) is 0 Å². The second-order valence-electron chi connectivity index (χ2n) is 5.93. The molecule has 0 aliphatic carbocycles. The molecular formula is C18H24N2S. The van der Waals surface area contributed by atoms with Crippen molar-refractivity contribution in [2.45, 2.75) is 50.9 Å². The number of nitrogens with zero attached hydrogens (tertiary/aromatic N) is 1. The monoisotopic (exact) mass is 300 g/mol. The largest absolute Gasteiger partial charge is 0.328 e. The fourth-order valence-electron chi connectivity index (χ4n) is 2.56. The summed E-state index contributed by atoms with van der Waals surface area (Å²) in [6, 6.07) is 9.10. The first-order valence-electron chi connectivity index (χ1n) is 7.35. The summed E-state index contributed by atoms with van der Waals surface area (Å²) >= 11 is 1.80. The minimum absolute atomic E-state index is 0.181. The van der Waals surface area contributed by atoms with Crippen molar-refractivity contribution in [1.82, 2.24) is 4.98 Å². The fraction of sp³-hybridized carbons (Fsp3) is 0.389. The molecule has 3 heteroatoms. The van der Waals surface area contributed by atoms with Crippen molar-refractivity contribution in [2.75, 3.05) is 0 Å². The normalized spacial score (nSPS) is 12.4. The molecule has 0 bridgehead atoms. The van der Waals surface area contributed by atoms with Gasteiger partial charge in [0.05, 0.1) is 5.03 Å². The molecule has 1 aromatic carbocycles. The molecule has 0 aliphatic rings. The van der Waals surface area contributed by atoms with Crippen LogP contribution in [0.4, 0.5) is 0 Å². The van der Waals surface area contributed by atoms with E-state index < -0.39 is 0 Å². The molecule has 0 aliphatic heterocycles. The first kappa shape index (κ1) is 16.1. The Morgan fingerprint density at radius 2 is 1.71 bits per heavy atom. The fourth-order valence-corrected chi connectivity index (χ4v) is 3.44. The summed E-state index contributed by atoms with van der Waals surface area (Å²) in [5.74, 6) is 0.961. The van der Waals surface area contributed by atoms with E-state index in [1.807, 2.05) is 13.1 Å². The Hall–Kier alpha value is -1.32. The van der Waals surface area contributed by atoms with Gasteiger partial charge in [-0.05, 0) is 50.8 Å². The molecule has 2 nitrogen and oxygen atoms in total. The molecule has 1 unspecified atom stereocenters. The smallest absolute Gasteiger partial charge is 0.0992 e. The molecule has 0 amide bonds. The maximum Gasteiger partial charge on any atom is 0.0992 e. The lowest BCUT2D eigenvalue weighted by Gasteiger charge is -2.10. The van der Waals surface area contributed by atoms with Crippen LogP contribution in [-0.2, 0) is 12.2 Å². The summed E-state index contributed by atoms with van der Waals surface area (Å²) < 4.78 is 0. The minimum Gasteiger partial charge on any atom is -0.328 e. The summed E-state index contributed by atoms with van der Waals surface area (Å²) in [6.07, 6.45) is 2.84. The minimum atomic E-state index is 0.181. The van der Waals surface area contributed by atoms with Crippen LogP contribution in [0, 0.1) is 20.8 Å². The number of rotatable bonds is 5. The SMILES string of the molecule is Cc1cc(C)cc(CSc2ncc(CC(C)N)cc2C)c1. The van der Waals surface area contributed by atoms with Crippen LogP contribution in [0.3, 0.4) is 0 Å². The lowest BCUT2D eigenvalue weighted by molar-refractivity contribution is 0.733. The van der Waals surface area contributed by atoms with Gasteiger partial charge in [0.1, 0.15) is 0 Å². The van der Waals surface area contributed by atoms with Crippen LogP contribution in [0.5, 0.6) is 0 Å². The van der Waals surface area contributed by atoms with Crippen LogP contribution in [0.15, 0.2) is 35.5 Å². The standard InChI is InChI=1S/C18H24N2S/c1-12-5-13(2)7-17(6-12)11-21-18-14(3)8-16(10-20-18)9-15(4)19/h5-8,10,15H,9,11,19H2,1-4H3. The average Bonchev–Trinajstić information content (AvgIpc) is 2.36. The van der Waals surface area contributed by atoms with E-state index in [4.69, 9.17) is 5.73 Å². The Morgan fingerprint density at radius 3 is 2.29 bits per heavy atom. The van der Waals surface area contributed by atoms with E-state index in [1.165, 1.54) is 27.8 Å². The van der Waals surface area contributed by atoms with Crippen LogP contribution < -0.4 is 5.73 Å². The van der Waals surface area contributed by atoms with E-state index in [-0.39, 0.29) is 6.04 Å². The zero-order valence-corrected chi connectivity index (χ0v) is 14.1. The van der Waals surface area contributed by atoms with Gasteiger partial charge in [0, 0.05) is 18.0 Å². The number of aromatic nitrogens is 1. The van der Waals surface area contributed by atoms with E-state index in [0.717, 1.165) is 17.2 Å². The van der Waals surface area contributed by atoms with Gasteiger partial charge in [-0.2, -0.15) is 0 Å². The molecule has 2 rings (SSSR count). The third-order valence-electron chi connectivity index (χ3n) is 3.30. The van der Waals surface area contributed by atoms with Gasteiger partial charge in [-0.15, -0.1) is 11.8 Å². The van der Waals surface area contributed by atoms with Crippen molar-refractivity contribution >= 4 is 11.8 Å². The van der Waals surface area contributed by atoms with Gasteiger partial charge in [-0.25, -0.2) is 4.98 Å². The van der Waals surface area contributed by atoms with Crippen molar-refractivity contribution in [3.8, 4) is 0 Å². The molecular weight excluding hydrogens is 276 g/mol. The van der Waals surface area contributed by atoms with Gasteiger partial charge in [0.15, 0.2) is 0 Å². The number of benzene rings is 1. The van der Waals surface area contributed by atoms with E-state index in [1.54, 1.807) is 11.8 Å². The van der Waals surface area contributed by atoms with Gasteiger partial charge in [0.25, 0.3) is 0 Å². The quantitative estimate of drug-likeness (QED) is 0.842. The van der Waals surface area contributed by atoms with Crippen LogP contribution in [0.1, 0.15) is 34.7 Å². The number of thioether (sulfide) groups is 1. The first-order valence-corrected chi connectivity index (χ1v) is 8.33. The number of pyridine rings is 1. The molecule has 21 heavy (non-hydrogen) atoms. The lowest BCUT2D eigenvalue weighted by atomic mass is 10.1. The Kier molecular flexibility index (Phi) is 5.43. The van der Waals surface area contributed by atoms with E-state index in [9.17, 15) is 0 Å². The molecule has 0 saturated heterocycles. The molecule has 2 N–H and O–H groups in total. The van der Waals surface area contributed by atoms with E-state index in [0.29, 0.717) is 0 Å². The number of aryl methyl sites for hydroxylation is 3. The molecule has 112 valence electrons. The van der Waals surface area contributed by atoms with Crippen LogP contribution in [0.25, 0.3) is 0 Å². The topological polar surface area (TPSA) is 38.9 Å². The third kappa shape index (κ3) is 4.87. The third-order valence-corrected chi connectivity index (χ3v) is 4.48. The molecule has 0 spiro atoms. The van der Waals surface area contributed by atoms with Crippen LogP contribution >= 0.6 is 11.8 Å². The van der Waals surface area contributed by atoms with Gasteiger partial charge in [0.2, 0.25) is 0 Å². The molecule has 1 atom stereocenters. The van der Waals surface area contributed by atoms with Gasteiger partial charge in [-0.1, -0.05) is 35.4 Å². The highest BCUT2D eigenvalue weighted by atomic mass is 32.2. The highest BCUT2D eigenvalue weighted by Crippen LogP contribution is 2.25. The van der Waals surface area contributed by atoms with Crippen LogP contribution in [-0.4, -0.2) is 11.0 Å². The summed E-state index contributed by atoms with van der Waals surface area (Å²) in [4.78, 5) is 4.60. The van der Waals surface area contributed by atoms with E-state index >= 15 is 0 Å². The number of hydrogen-bond donors (Lipinski definition) is 1. The Bertz CT molecular complexity index is 600. The molecule has 0 radical (unpaired) electrons. The molecule has 2 aromatic rings. The van der Waals surface area contributed by atoms with Crippen molar-refractivity contribution in [2.24, 2.45) is 5.73 Å². The van der Waals surface area contributed by atoms with Crippen LogP contribution in [0.2, 0.25) is 0 Å². The Balaban J connectivity index is 2.06. The van der Waals surface area contributed by atoms with Crippen molar-refractivity contribution < 1.29 is 0 Å². The Labute approximate surface area is 132 Å². The maximum absolute atomic E-state index is 5.84. The summed E-state index contributed by atoms with van der Waals surface area (Å²) in [7, 11) is 0. The number of hydrogen-bond acceptors (Lipinski definition) is 3. The average molecular weight is 300 g/mol. The number of nitrogens with two attached hydrogens (primary N) is 1. The molecule has 1 aromatic heterocycles. The summed E-state index contributed by atoms with van der Waals surface area (Å²) in [5, 5.41) is 1.11. The zero-order valence-electron chi connectivity index (χ0n) is 13.3. The van der Waals surface area contributed by atoms with Crippen molar-refractivity contribution in [1.29, 1.82) is 0 Å². The first-order chi connectivity index (χ1) is 9.94. The Morgan fingerprint density at radius 1 is 1.05 bits per heavy atom. The van der Waals surface area contributed by atoms with E-state index in [2.05, 4.69) is 50.0 Å². The van der Waals surface area contributed by atoms with Crippen molar-refractivity contribution in [3.05, 3.63) is 58.3 Å². The van der Waals surface area contributed by atoms with Crippen molar-refractivity contribution in [3.63, 3.8) is 0 Å². The predicted octanol–water partition coefficient (Wildman–Crippen LogP) is 4.19. The zero-order chi connectivity index (χ0) is 15.4. The second-order valence-corrected chi connectivity index (χ2v) is 6.90. The van der Waals surface area contributed by atoms with Gasteiger partial charge >= 0.3 is 0 Å². The molecule has 0 fully saturated rings.